The van der Waals surface area contributed by atoms with Crippen molar-refractivity contribution in [2.45, 2.75) is 27.7 Å². The van der Waals surface area contributed by atoms with E-state index >= 15 is 0 Å². The maximum atomic E-state index is 14.8. The van der Waals surface area contributed by atoms with Crippen LogP contribution in [0.5, 0.6) is 0 Å². The number of benzene rings is 5. The van der Waals surface area contributed by atoms with Crippen LogP contribution >= 0.6 is 31.9 Å². The molecular weight excluding hydrogens is 712 g/mol. The first-order valence-electron chi connectivity index (χ1n) is 14.5. The summed E-state index contributed by atoms with van der Waals surface area (Å²) in [6.07, 6.45) is 0. The topological polar surface area (TPSA) is 101 Å². The van der Waals surface area contributed by atoms with Gasteiger partial charge < -0.3 is 0 Å². The van der Waals surface area contributed by atoms with Crippen molar-refractivity contribution in [3.05, 3.63) is 114 Å². The van der Waals surface area contributed by atoms with Gasteiger partial charge in [-0.3, -0.25) is 19.2 Å². The van der Waals surface area contributed by atoms with Gasteiger partial charge in [-0.25, -0.2) is 19.8 Å². The number of nitrogens with zero attached hydrogens (tertiary/aromatic N) is 4. The number of imide groups is 2. The molecule has 0 fully saturated rings. The molecule has 0 N–H and O–H groups in total. The standard InChI is InChI=1S/C36H22Br2N4O4/c1-15-9-7-10-16(2)31(15)41-33(43)23-21-22-24(28(38)27(23)37)34(44)42(32-17(3)11-8-12-18(32)4)36(46)26(22)30-29(25(21)35(41)45)39-19-13-5-6-14-20(19)40-30/h5-14H,1-4H3. The lowest BCUT2D eigenvalue weighted by Gasteiger charge is -2.35. The molecule has 0 saturated carbocycles. The first kappa shape index (κ1) is 28.7. The predicted molar refractivity (Wildman–Crippen MR) is 184 cm³/mol. The van der Waals surface area contributed by atoms with Crippen molar-refractivity contribution < 1.29 is 19.2 Å². The minimum absolute atomic E-state index is 0.111. The van der Waals surface area contributed by atoms with Crippen LogP contribution in [0, 0.1) is 27.7 Å². The molecule has 6 aromatic rings. The van der Waals surface area contributed by atoms with Crippen molar-refractivity contribution in [1.82, 2.24) is 9.97 Å². The minimum Gasteiger partial charge on any atom is -0.268 e. The lowest BCUT2D eigenvalue weighted by atomic mass is 9.83. The van der Waals surface area contributed by atoms with Gasteiger partial charge in [0.25, 0.3) is 23.6 Å². The number of hydrogen-bond donors (Lipinski definition) is 0. The van der Waals surface area contributed by atoms with Crippen LogP contribution in [0.25, 0.3) is 32.8 Å². The number of carbonyl (C=O) groups is 4. The fourth-order valence-corrected chi connectivity index (χ4v) is 8.08. The molecule has 0 radical (unpaired) electrons. The summed E-state index contributed by atoms with van der Waals surface area (Å²) in [6, 6.07) is 18.3. The van der Waals surface area contributed by atoms with Gasteiger partial charge in [-0.05, 0) is 93.9 Å². The molecule has 8 rings (SSSR count). The quantitative estimate of drug-likeness (QED) is 0.131. The number of rotatable bonds is 2. The first-order valence-corrected chi connectivity index (χ1v) is 16.1. The molecule has 46 heavy (non-hydrogen) atoms. The van der Waals surface area contributed by atoms with Crippen molar-refractivity contribution in [3.8, 4) is 0 Å². The Kier molecular flexibility index (Phi) is 6.14. The van der Waals surface area contributed by atoms with E-state index in [0.717, 1.165) is 22.3 Å². The highest BCUT2D eigenvalue weighted by molar-refractivity contribution is 9.13. The monoisotopic (exact) mass is 732 g/mol. The van der Waals surface area contributed by atoms with Gasteiger partial charge >= 0.3 is 0 Å². The number of anilines is 2. The number of aromatic nitrogens is 2. The molecule has 10 heteroatoms. The van der Waals surface area contributed by atoms with Gasteiger partial charge in [0.15, 0.2) is 0 Å². The van der Waals surface area contributed by atoms with Gasteiger partial charge in [-0.1, -0.05) is 48.5 Å². The van der Waals surface area contributed by atoms with E-state index in [0.29, 0.717) is 31.4 Å². The molecule has 1 aromatic heterocycles. The summed E-state index contributed by atoms with van der Waals surface area (Å²) in [4.78, 5) is 70.8. The highest BCUT2D eigenvalue weighted by atomic mass is 79.9. The number of amides is 4. The average Bonchev–Trinajstić information content (AvgIpc) is 3.01. The smallest absolute Gasteiger partial charge is 0.268 e. The number of carbonyl (C=O) groups excluding carboxylic acids is 4. The summed E-state index contributed by atoms with van der Waals surface area (Å²) in [5.41, 5.74) is 5.81. The van der Waals surface area contributed by atoms with E-state index in [1.807, 2.05) is 76.2 Å². The molecule has 2 aliphatic heterocycles. The third-order valence-corrected chi connectivity index (χ3v) is 11.0. The van der Waals surface area contributed by atoms with Crippen LogP contribution in [-0.4, -0.2) is 33.6 Å². The Labute approximate surface area is 279 Å². The summed E-state index contributed by atoms with van der Waals surface area (Å²) in [6.45, 7) is 7.37. The van der Waals surface area contributed by atoms with E-state index in [1.165, 1.54) is 9.80 Å². The van der Waals surface area contributed by atoms with Gasteiger partial charge in [0, 0.05) is 19.7 Å². The molecule has 224 valence electrons. The Balaban J connectivity index is 1.59. The van der Waals surface area contributed by atoms with E-state index < -0.39 is 23.6 Å². The van der Waals surface area contributed by atoms with Gasteiger partial charge in [0.2, 0.25) is 0 Å². The predicted octanol–water partition coefficient (Wildman–Crippen LogP) is 8.30. The third-order valence-electron chi connectivity index (χ3n) is 8.92. The van der Waals surface area contributed by atoms with Gasteiger partial charge in [-0.15, -0.1) is 0 Å². The summed E-state index contributed by atoms with van der Waals surface area (Å²) < 4.78 is 0.599. The molecule has 0 atom stereocenters. The van der Waals surface area contributed by atoms with Crippen LogP contribution in [0.4, 0.5) is 11.4 Å². The lowest BCUT2D eigenvalue weighted by Crippen LogP contribution is -2.45. The summed E-state index contributed by atoms with van der Waals surface area (Å²) in [7, 11) is 0. The zero-order valence-corrected chi connectivity index (χ0v) is 28.1. The Bertz CT molecular complexity index is 2280. The minimum atomic E-state index is -0.603. The first-order chi connectivity index (χ1) is 22.0. The maximum absolute atomic E-state index is 14.8. The molecule has 2 aliphatic rings. The Morgan fingerprint density at radius 3 is 1.15 bits per heavy atom. The van der Waals surface area contributed by atoms with E-state index in [4.69, 9.17) is 9.97 Å². The molecule has 0 aliphatic carbocycles. The van der Waals surface area contributed by atoms with Crippen molar-refractivity contribution >= 4 is 99.7 Å². The second kappa shape index (κ2) is 9.85. The van der Waals surface area contributed by atoms with Gasteiger partial charge in [-0.2, -0.15) is 0 Å². The fraction of sp³-hybridized carbons (Fsp3) is 0.111. The van der Waals surface area contributed by atoms with Gasteiger partial charge in [0.1, 0.15) is 11.0 Å². The van der Waals surface area contributed by atoms with E-state index in [9.17, 15) is 19.2 Å². The molecule has 0 unspecified atom stereocenters. The Morgan fingerprint density at radius 2 is 0.804 bits per heavy atom. The third kappa shape index (κ3) is 3.59. The van der Waals surface area contributed by atoms with Crippen molar-refractivity contribution in [1.29, 1.82) is 0 Å². The normalized spacial score (nSPS) is 14.4. The van der Waals surface area contributed by atoms with Crippen molar-refractivity contribution in [2.24, 2.45) is 0 Å². The fourth-order valence-electron chi connectivity index (χ4n) is 6.95. The highest BCUT2D eigenvalue weighted by Gasteiger charge is 2.46. The molecule has 5 aromatic carbocycles. The van der Waals surface area contributed by atoms with Crippen LogP contribution < -0.4 is 9.80 Å². The van der Waals surface area contributed by atoms with Crippen LogP contribution in [0.15, 0.2) is 69.6 Å². The van der Waals surface area contributed by atoms with Crippen molar-refractivity contribution in [2.75, 3.05) is 9.80 Å². The molecule has 8 nitrogen and oxygen atoms in total. The Hall–Kier alpha value is -4.80. The number of halogens is 2. The molecule has 0 saturated heterocycles. The number of hydrogen-bond acceptors (Lipinski definition) is 6. The molecule has 0 bridgehead atoms. The van der Waals surface area contributed by atoms with Crippen LogP contribution in [0.1, 0.15) is 63.7 Å². The zero-order chi connectivity index (χ0) is 32.3. The summed E-state index contributed by atoms with van der Waals surface area (Å²) in [5, 5.41) is 0.412. The van der Waals surface area contributed by atoms with E-state index in [2.05, 4.69) is 31.9 Å². The largest absolute Gasteiger partial charge is 0.268 e. The SMILES string of the molecule is Cc1cccc(C)c1N1C(=O)c2c(Br)c(Br)c3c4c(c5nc6ccccc6nc5c(c24)C1=O)C(=O)N(c1c(C)cccc1C)C3=O. The lowest BCUT2D eigenvalue weighted by molar-refractivity contribution is 0.0873. The number of fused-ring (bicyclic) bond motifs is 4. The number of para-hydroxylation sites is 4. The highest BCUT2D eigenvalue weighted by Crippen LogP contribution is 2.50. The van der Waals surface area contributed by atoms with Gasteiger partial charge in [0.05, 0.1) is 44.7 Å². The van der Waals surface area contributed by atoms with E-state index in [-0.39, 0.29) is 44.1 Å². The van der Waals surface area contributed by atoms with Crippen molar-refractivity contribution in [3.63, 3.8) is 0 Å². The molecular formula is C36H22Br2N4O4. The van der Waals surface area contributed by atoms with Crippen LogP contribution in [0.2, 0.25) is 0 Å². The number of aryl methyl sites for hydroxylation is 4. The second-order valence-electron chi connectivity index (χ2n) is 11.7. The Morgan fingerprint density at radius 1 is 0.478 bits per heavy atom. The van der Waals surface area contributed by atoms with E-state index in [1.54, 1.807) is 12.1 Å². The maximum Gasteiger partial charge on any atom is 0.268 e. The average molecular weight is 734 g/mol. The second-order valence-corrected chi connectivity index (χ2v) is 13.2. The molecule has 4 amide bonds. The zero-order valence-electron chi connectivity index (χ0n) is 25.0. The summed E-state index contributed by atoms with van der Waals surface area (Å²) in [5.74, 6) is -2.36. The van der Waals surface area contributed by atoms with Crippen LogP contribution in [0.3, 0.4) is 0 Å². The summed E-state index contributed by atoms with van der Waals surface area (Å²) >= 11 is 7.24. The molecule has 0 spiro atoms. The molecule has 3 heterocycles. The van der Waals surface area contributed by atoms with Crippen LogP contribution in [-0.2, 0) is 0 Å².